The van der Waals surface area contributed by atoms with Crippen molar-refractivity contribution in [2.45, 2.75) is 32.7 Å². The van der Waals surface area contributed by atoms with Gasteiger partial charge in [0.1, 0.15) is 5.75 Å². The van der Waals surface area contributed by atoms with Crippen LogP contribution in [-0.2, 0) is 17.8 Å². The SMILES string of the molecule is CCCOc1ccc(CCC(=O)NCc2ccc(-c3cccnc3)nc2)cc1. The third-order valence-electron chi connectivity index (χ3n) is 4.31. The van der Waals surface area contributed by atoms with Crippen LogP contribution in [0, 0.1) is 0 Å². The summed E-state index contributed by atoms with van der Waals surface area (Å²) in [7, 11) is 0. The molecule has 0 atom stereocenters. The van der Waals surface area contributed by atoms with Gasteiger partial charge in [0.15, 0.2) is 0 Å². The average molecular weight is 375 g/mol. The van der Waals surface area contributed by atoms with Crippen LogP contribution < -0.4 is 10.1 Å². The molecular weight excluding hydrogens is 350 g/mol. The fourth-order valence-corrected chi connectivity index (χ4v) is 2.73. The highest BCUT2D eigenvalue weighted by atomic mass is 16.5. The van der Waals surface area contributed by atoms with E-state index in [0.29, 0.717) is 19.4 Å². The summed E-state index contributed by atoms with van der Waals surface area (Å²) in [6.07, 6.45) is 7.46. The lowest BCUT2D eigenvalue weighted by Gasteiger charge is -2.08. The molecule has 0 spiro atoms. The Morgan fingerprint density at radius 3 is 2.54 bits per heavy atom. The number of nitrogens with zero attached hydrogens (tertiary/aromatic N) is 2. The summed E-state index contributed by atoms with van der Waals surface area (Å²) in [4.78, 5) is 20.7. The summed E-state index contributed by atoms with van der Waals surface area (Å²) < 4.78 is 5.57. The number of aromatic nitrogens is 2. The molecule has 0 saturated heterocycles. The van der Waals surface area contributed by atoms with Crippen molar-refractivity contribution in [1.29, 1.82) is 0 Å². The van der Waals surface area contributed by atoms with Crippen LogP contribution in [0.2, 0.25) is 0 Å². The number of rotatable bonds is 9. The molecule has 5 heteroatoms. The first-order chi connectivity index (χ1) is 13.7. The minimum atomic E-state index is 0.0302. The fraction of sp³-hybridized carbons (Fsp3) is 0.261. The third-order valence-corrected chi connectivity index (χ3v) is 4.31. The van der Waals surface area contributed by atoms with Crippen LogP contribution >= 0.6 is 0 Å². The number of ether oxygens (including phenoxy) is 1. The molecule has 3 aromatic rings. The molecule has 0 unspecified atom stereocenters. The molecule has 1 N–H and O–H groups in total. The van der Waals surface area contributed by atoms with Gasteiger partial charge in [0.2, 0.25) is 5.91 Å². The Morgan fingerprint density at radius 2 is 1.86 bits per heavy atom. The summed E-state index contributed by atoms with van der Waals surface area (Å²) in [5.41, 5.74) is 3.94. The second kappa shape index (κ2) is 10.2. The fourth-order valence-electron chi connectivity index (χ4n) is 2.73. The van der Waals surface area contributed by atoms with Crippen molar-refractivity contribution in [3.05, 3.63) is 78.2 Å². The van der Waals surface area contributed by atoms with Crippen molar-refractivity contribution in [3.8, 4) is 17.0 Å². The van der Waals surface area contributed by atoms with Gasteiger partial charge in [0.05, 0.1) is 12.3 Å². The Bertz CT molecular complexity index is 863. The first-order valence-electron chi connectivity index (χ1n) is 9.58. The summed E-state index contributed by atoms with van der Waals surface area (Å²) >= 11 is 0. The van der Waals surface area contributed by atoms with Gasteiger partial charge >= 0.3 is 0 Å². The van der Waals surface area contributed by atoms with Gasteiger partial charge in [0.25, 0.3) is 0 Å². The predicted octanol–water partition coefficient (Wildman–Crippen LogP) is 4.18. The maximum Gasteiger partial charge on any atom is 0.220 e. The van der Waals surface area contributed by atoms with Gasteiger partial charge in [-0.2, -0.15) is 0 Å². The first kappa shape index (κ1) is 19.5. The smallest absolute Gasteiger partial charge is 0.220 e. The Labute approximate surface area is 165 Å². The number of nitrogens with one attached hydrogen (secondary N) is 1. The molecule has 0 bridgehead atoms. The van der Waals surface area contributed by atoms with Crippen molar-refractivity contribution in [2.75, 3.05) is 6.61 Å². The maximum absolute atomic E-state index is 12.1. The Kier molecular flexibility index (Phi) is 7.13. The first-order valence-corrected chi connectivity index (χ1v) is 9.58. The molecule has 2 aromatic heterocycles. The number of hydrogen-bond donors (Lipinski definition) is 1. The zero-order chi connectivity index (χ0) is 19.6. The minimum Gasteiger partial charge on any atom is -0.494 e. The molecule has 144 valence electrons. The van der Waals surface area contributed by atoms with E-state index in [4.69, 9.17) is 4.74 Å². The molecule has 1 amide bonds. The Morgan fingerprint density at radius 1 is 1.04 bits per heavy atom. The van der Waals surface area contributed by atoms with Crippen LogP contribution in [0.1, 0.15) is 30.9 Å². The minimum absolute atomic E-state index is 0.0302. The van der Waals surface area contributed by atoms with Crippen molar-refractivity contribution >= 4 is 5.91 Å². The van der Waals surface area contributed by atoms with Gasteiger partial charge in [-0.3, -0.25) is 14.8 Å². The highest BCUT2D eigenvalue weighted by Gasteiger charge is 2.04. The van der Waals surface area contributed by atoms with Gasteiger partial charge < -0.3 is 10.1 Å². The molecule has 1 aromatic carbocycles. The molecule has 3 rings (SSSR count). The van der Waals surface area contributed by atoms with Crippen LogP contribution in [0.3, 0.4) is 0 Å². The van der Waals surface area contributed by atoms with E-state index in [1.807, 2.05) is 48.5 Å². The van der Waals surface area contributed by atoms with Crippen molar-refractivity contribution < 1.29 is 9.53 Å². The molecule has 5 nitrogen and oxygen atoms in total. The van der Waals surface area contributed by atoms with Gasteiger partial charge in [-0.15, -0.1) is 0 Å². The number of carbonyl (C=O) groups is 1. The van der Waals surface area contributed by atoms with Gasteiger partial charge in [-0.05, 0) is 54.3 Å². The summed E-state index contributed by atoms with van der Waals surface area (Å²) in [5.74, 6) is 0.903. The molecule has 2 heterocycles. The number of hydrogen-bond acceptors (Lipinski definition) is 4. The van der Waals surface area contributed by atoms with Gasteiger partial charge in [0, 0.05) is 37.1 Å². The van der Waals surface area contributed by atoms with Crippen molar-refractivity contribution in [1.82, 2.24) is 15.3 Å². The lowest BCUT2D eigenvalue weighted by molar-refractivity contribution is -0.121. The van der Waals surface area contributed by atoms with E-state index in [9.17, 15) is 4.79 Å². The molecule has 0 aliphatic rings. The summed E-state index contributed by atoms with van der Waals surface area (Å²) in [6.45, 7) is 3.28. The second-order valence-electron chi connectivity index (χ2n) is 6.56. The largest absolute Gasteiger partial charge is 0.494 e. The number of amides is 1. The van der Waals surface area contributed by atoms with Gasteiger partial charge in [-0.25, -0.2) is 0 Å². The third kappa shape index (κ3) is 5.91. The highest BCUT2D eigenvalue weighted by Crippen LogP contribution is 2.15. The molecule has 0 aliphatic carbocycles. The van der Waals surface area contributed by atoms with E-state index in [1.165, 1.54) is 0 Å². The van der Waals surface area contributed by atoms with Crippen molar-refractivity contribution in [3.63, 3.8) is 0 Å². The number of pyridine rings is 2. The van der Waals surface area contributed by atoms with Crippen LogP contribution in [-0.4, -0.2) is 22.5 Å². The molecule has 0 saturated carbocycles. The number of aryl methyl sites for hydroxylation is 1. The number of carbonyl (C=O) groups excluding carboxylic acids is 1. The lowest BCUT2D eigenvalue weighted by atomic mass is 10.1. The quantitative estimate of drug-likeness (QED) is 0.609. The van der Waals surface area contributed by atoms with Crippen LogP contribution in [0.25, 0.3) is 11.3 Å². The standard InChI is InChI=1S/C23H25N3O2/c1-2-14-28-21-9-5-18(6-10-21)8-12-23(27)26-16-19-7-11-22(25-15-19)20-4-3-13-24-17-20/h3-7,9-11,13,15,17H,2,8,12,14,16H2,1H3,(H,26,27). The van der Waals surface area contributed by atoms with Crippen LogP contribution in [0.4, 0.5) is 0 Å². The number of benzene rings is 1. The van der Waals surface area contributed by atoms with E-state index < -0.39 is 0 Å². The Hall–Kier alpha value is -3.21. The van der Waals surface area contributed by atoms with Crippen LogP contribution in [0.15, 0.2) is 67.1 Å². The average Bonchev–Trinajstić information content (AvgIpc) is 2.76. The van der Waals surface area contributed by atoms with E-state index >= 15 is 0 Å². The summed E-state index contributed by atoms with van der Waals surface area (Å²) in [5, 5.41) is 2.95. The molecule has 28 heavy (non-hydrogen) atoms. The predicted molar refractivity (Wildman–Crippen MR) is 110 cm³/mol. The van der Waals surface area contributed by atoms with E-state index in [0.717, 1.165) is 41.2 Å². The second-order valence-corrected chi connectivity index (χ2v) is 6.56. The van der Waals surface area contributed by atoms with Gasteiger partial charge in [-0.1, -0.05) is 25.1 Å². The maximum atomic E-state index is 12.1. The van der Waals surface area contributed by atoms with E-state index in [-0.39, 0.29) is 5.91 Å². The lowest BCUT2D eigenvalue weighted by Crippen LogP contribution is -2.23. The van der Waals surface area contributed by atoms with Crippen molar-refractivity contribution in [2.24, 2.45) is 0 Å². The molecular formula is C23H25N3O2. The van der Waals surface area contributed by atoms with E-state index in [1.54, 1.807) is 18.6 Å². The molecule has 0 aliphatic heterocycles. The molecule has 0 radical (unpaired) electrons. The highest BCUT2D eigenvalue weighted by molar-refractivity contribution is 5.76. The van der Waals surface area contributed by atoms with E-state index in [2.05, 4.69) is 22.2 Å². The monoisotopic (exact) mass is 375 g/mol. The molecule has 0 fully saturated rings. The Balaban J connectivity index is 1.43. The summed E-state index contributed by atoms with van der Waals surface area (Å²) in [6, 6.07) is 15.7. The van der Waals surface area contributed by atoms with Crippen LogP contribution in [0.5, 0.6) is 5.75 Å². The normalized spacial score (nSPS) is 10.5. The topological polar surface area (TPSA) is 64.1 Å². The zero-order valence-corrected chi connectivity index (χ0v) is 16.1. The zero-order valence-electron chi connectivity index (χ0n) is 16.1.